The van der Waals surface area contributed by atoms with Gasteiger partial charge in [-0.15, -0.1) is 0 Å². The fourth-order valence-electron chi connectivity index (χ4n) is 3.83. The molecule has 0 saturated heterocycles. The van der Waals surface area contributed by atoms with Crippen molar-refractivity contribution in [2.24, 2.45) is 0 Å². The summed E-state index contributed by atoms with van der Waals surface area (Å²) < 4.78 is 0. The average Bonchev–Trinajstić information content (AvgIpc) is 2.85. The summed E-state index contributed by atoms with van der Waals surface area (Å²) in [5.41, 5.74) is 2.82. The van der Waals surface area contributed by atoms with Gasteiger partial charge in [0.05, 0.1) is 16.7 Å². The van der Waals surface area contributed by atoms with E-state index in [-0.39, 0.29) is 11.6 Å². The SMILES string of the molecule is O=C(c1ccccc1)C(C(=O)c1ccccc1)c1ccc2ccc3cccnc3c2n1. The van der Waals surface area contributed by atoms with Crippen LogP contribution in [-0.2, 0) is 0 Å². The third kappa shape index (κ3) is 3.49. The van der Waals surface area contributed by atoms with Gasteiger partial charge >= 0.3 is 0 Å². The van der Waals surface area contributed by atoms with Crippen LogP contribution in [0.4, 0.5) is 0 Å². The lowest BCUT2D eigenvalue weighted by Crippen LogP contribution is -2.23. The van der Waals surface area contributed by atoms with Crippen LogP contribution in [0.5, 0.6) is 0 Å². The van der Waals surface area contributed by atoms with Crippen LogP contribution in [0.3, 0.4) is 0 Å². The Hall–Kier alpha value is -4.18. The minimum atomic E-state index is -1.03. The summed E-state index contributed by atoms with van der Waals surface area (Å²) in [6.07, 6.45) is 1.72. The highest BCUT2D eigenvalue weighted by Crippen LogP contribution is 2.28. The molecule has 5 aromatic rings. The van der Waals surface area contributed by atoms with Crippen molar-refractivity contribution in [1.29, 1.82) is 0 Å². The lowest BCUT2D eigenvalue weighted by molar-refractivity contribution is 0.0858. The number of nitrogens with zero attached hydrogens (tertiary/aromatic N) is 2. The number of hydrogen-bond acceptors (Lipinski definition) is 4. The van der Waals surface area contributed by atoms with Gasteiger partial charge in [-0.3, -0.25) is 14.6 Å². The number of ketones is 2. The molecule has 0 spiro atoms. The Bertz CT molecular complexity index is 1360. The van der Waals surface area contributed by atoms with Gasteiger partial charge in [0.2, 0.25) is 0 Å². The molecule has 0 amide bonds. The maximum absolute atomic E-state index is 13.5. The molecule has 148 valence electrons. The molecule has 2 aromatic heterocycles. The zero-order chi connectivity index (χ0) is 21.2. The van der Waals surface area contributed by atoms with E-state index in [1.54, 1.807) is 60.8 Å². The van der Waals surface area contributed by atoms with Crippen LogP contribution in [0.1, 0.15) is 32.3 Å². The lowest BCUT2D eigenvalue weighted by Gasteiger charge is -2.16. The van der Waals surface area contributed by atoms with Crippen LogP contribution in [0.15, 0.2) is 103 Å². The van der Waals surface area contributed by atoms with Crippen LogP contribution >= 0.6 is 0 Å². The summed E-state index contributed by atoms with van der Waals surface area (Å²) in [7, 11) is 0. The van der Waals surface area contributed by atoms with Gasteiger partial charge in [-0.2, -0.15) is 0 Å². The number of fused-ring (bicyclic) bond motifs is 3. The smallest absolute Gasteiger partial charge is 0.179 e. The van der Waals surface area contributed by atoms with E-state index in [2.05, 4.69) is 4.98 Å². The summed E-state index contributed by atoms with van der Waals surface area (Å²) in [4.78, 5) is 36.2. The first-order chi connectivity index (χ1) is 15.2. The van der Waals surface area contributed by atoms with Crippen LogP contribution in [-0.4, -0.2) is 21.5 Å². The van der Waals surface area contributed by atoms with Crippen LogP contribution in [0.25, 0.3) is 21.8 Å². The molecule has 0 radical (unpaired) electrons. The molecule has 0 bridgehead atoms. The molecule has 0 unspecified atom stereocenters. The highest BCUT2D eigenvalue weighted by Gasteiger charge is 2.31. The maximum atomic E-state index is 13.5. The summed E-state index contributed by atoms with van der Waals surface area (Å²) >= 11 is 0. The fraction of sp³-hybridized carbons (Fsp3) is 0.0370. The number of carbonyl (C=O) groups excluding carboxylic acids is 2. The molecule has 3 aromatic carbocycles. The Balaban J connectivity index is 1.70. The van der Waals surface area contributed by atoms with E-state index in [9.17, 15) is 9.59 Å². The quantitative estimate of drug-likeness (QED) is 0.217. The lowest BCUT2D eigenvalue weighted by atomic mass is 9.87. The molecule has 5 rings (SSSR count). The number of aromatic nitrogens is 2. The molecule has 0 aliphatic heterocycles. The molecule has 2 heterocycles. The zero-order valence-electron chi connectivity index (χ0n) is 16.6. The van der Waals surface area contributed by atoms with Crippen LogP contribution < -0.4 is 0 Å². The van der Waals surface area contributed by atoms with Gasteiger partial charge in [-0.25, -0.2) is 4.98 Å². The Kier molecular flexibility index (Phi) is 4.81. The largest absolute Gasteiger partial charge is 0.293 e. The molecular weight excluding hydrogens is 384 g/mol. The number of rotatable bonds is 5. The van der Waals surface area contributed by atoms with Crippen molar-refractivity contribution in [3.05, 3.63) is 120 Å². The summed E-state index contributed by atoms with van der Waals surface area (Å²) in [6.45, 7) is 0. The summed E-state index contributed by atoms with van der Waals surface area (Å²) in [6, 6.07) is 29.3. The number of pyridine rings is 2. The van der Waals surface area contributed by atoms with Gasteiger partial charge in [0.15, 0.2) is 11.6 Å². The normalized spacial score (nSPS) is 11.1. The van der Waals surface area contributed by atoms with Gasteiger partial charge in [-0.05, 0) is 12.1 Å². The second-order valence-electron chi connectivity index (χ2n) is 7.34. The maximum Gasteiger partial charge on any atom is 0.179 e. The molecule has 0 aliphatic rings. The van der Waals surface area contributed by atoms with Gasteiger partial charge in [-0.1, -0.05) is 84.9 Å². The standard InChI is InChI=1S/C27H18N2O2/c30-26(20-8-3-1-4-9-20)23(27(31)21-10-5-2-6-11-21)22-16-15-19-14-13-18-12-7-17-28-24(18)25(19)29-22/h1-17,23H. The van der Waals surface area contributed by atoms with E-state index in [1.165, 1.54) is 0 Å². The molecule has 31 heavy (non-hydrogen) atoms. The van der Waals surface area contributed by atoms with Gasteiger partial charge in [0, 0.05) is 28.1 Å². The van der Waals surface area contributed by atoms with E-state index in [0.29, 0.717) is 22.3 Å². The first kappa shape index (κ1) is 18.8. The van der Waals surface area contributed by atoms with Gasteiger partial charge < -0.3 is 0 Å². The topological polar surface area (TPSA) is 59.9 Å². The Morgan fingerprint density at radius 3 is 1.74 bits per heavy atom. The third-order valence-corrected chi connectivity index (χ3v) is 5.39. The first-order valence-electron chi connectivity index (χ1n) is 10.1. The van der Waals surface area contributed by atoms with E-state index in [1.807, 2.05) is 42.5 Å². The van der Waals surface area contributed by atoms with Crippen molar-refractivity contribution in [1.82, 2.24) is 9.97 Å². The Morgan fingerprint density at radius 2 is 1.13 bits per heavy atom. The minimum absolute atomic E-state index is 0.269. The number of carbonyl (C=O) groups is 2. The summed E-state index contributed by atoms with van der Waals surface area (Å²) in [5.74, 6) is -1.57. The number of hydrogen-bond donors (Lipinski definition) is 0. The Labute approximate surface area is 179 Å². The summed E-state index contributed by atoms with van der Waals surface area (Å²) in [5, 5.41) is 1.87. The second-order valence-corrected chi connectivity index (χ2v) is 7.34. The highest BCUT2D eigenvalue weighted by atomic mass is 16.2. The first-order valence-corrected chi connectivity index (χ1v) is 10.1. The molecule has 4 nitrogen and oxygen atoms in total. The van der Waals surface area contributed by atoms with E-state index in [4.69, 9.17) is 4.98 Å². The van der Waals surface area contributed by atoms with Crippen LogP contribution in [0, 0.1) is 0 Å². The van der Waals surface area contributed by atoms with Crippen molar-refractivity contribution in [3.63, 3.8) is 0 Å². The Morgan fingerprint density at radius 1 is 0.581 bits per heavy atom. The second kappa shape index (κ2) is 7.92. The highest BCUT2D eigenvalue weighted by molar-refractivity contribution is 6.20. The van der Waals surface area contributed by atoms with E-state index in [0.717, 1.165) is 16.3 Å². The van der Waals surface area contributed by atoms with Crippen molar-refractivity contribution in [2.45, 2.75) is 5.92 Å². The number of benzene rings is 3. The van der Waals surface area contributed by atoms with Crippen molar-refractivity contribution in [2.75, 3.05) is 0 Å². The van der Waals surface area contributed by atoms with Crippen molar-refractivity contribution in [3.8, 4) is 0 Å². The molecule has 0 aliphatic carbocycles. The zero-order valence-corrected chi connectivity index (χ0v) is 16.6. The molecule has 4 heteroatoms. The predicted octanol–water partition coefficient (Wildman–Crippen LogP) is 5.63. The van der Waals surface area contributed by atoms with Gasteiger partial charge in [0.25, 0.3) is 0 Å². The van der Waals surface area contributed by atoms with E-state index < -0.39 is 5.92 Å². The minimum Gasteiger partial charge on any atom is -0.293 e. The van der Waals surface area contributed by atoms with E-state index >= 15 is 0 Å². The van der Waals surface area contributed by atoms with Crippen molar-refractivity contribution >= 4 is 33.4 Å². The van der Waals surface area contributed by atoms with Gasteiger partial charge in [0.1, 0.15) is 5.92 Å². The van der Waals surface area contributed by atoms with Crippen LogP contribution in [0.2, 0.25) is 0 Å². The third-order valence-electron chi connectivity index (χ3n) is 5.39. The monoisotopic (exact) mass is 402 g/mol. The molecular formula is C27H18N2O2. The fourth-order valence-corrected chi connectivity index (χ4v) is 3.83. The predicted molar refractivity (Wildman–Crippen MR) is 121 cm³/mol. The molecule has 0 fully saturated rings. The number of Topliss-reactive ketones (excluding diaryl/α,β-unsaturated/α-hetero) is 2. The molecule has 0 saturated carbocycles. The van der Waals surface area contributed by atoms with Crippen molar-refractivity contribution < 1.29 is 9.59 Å². The average molecular weight is 402 g/mol. The molecule has 0 N–H and O–H groups in total. The molecule has 0 atom stereocenters.